The molecule has 2 amide bonds. The molecule has 2 aliphatic rings. The lowest BCUT2D eigenvalue weighted by Crippen LogP contribution is -3.15. The molecule has 2 atom stereocenters. The Balaban J connectivity index is 1.31. The number of likely N-dealkylation sites (tertiary alicyclic amines) is 1. The molecule has 0 aliphatic carbocycles. The number of quaternary nitrogens is 1. The topological polar surface area (TPSA) is 93.0 Å². The van der Waals surface area contributed by atoms with Gasteiger partial charge in [-0.1, -0.05) is 6.07 Å². The number of alkyl halides is 3. The van der Waals surface area contributed by atoms with E-state index in [1.165, 1.54) is 17.0 Å². The Kier molecular flexibility index (Phi) is 8.52. The zero-order valence-corrected chi connectivity index (χ0v) is 20.5. The van der Waals surface area contributed by atoms with Gasteiger partial charge in [0.2, 0.25) is 0 Å². The first-order valence-corrected chi connectivity index (χ1v) is 12.6. The van der Waals surface area contributed by atoms with E-state index in [-0.39, 0.29) is 23.9 Å². The summed E-state index contributed by atoms with van der Waals surface area (Å²) >= 11 is 0. The summed E-state index contributed by atoms with van der Waals surface area (Å²) in [5.74, 6) is -0.188. The van der Waals surface area contributed by atoms with Crippen molar-refractivity contribution in [1.82, 2.24) is 9.88 Å². The summed E-state index contributed by atoms with van der Waals surface area (Å²) in [5.41, 5.74) is -0.501. The van der Waals surface area contributed by atoms with Gasteiger partial charge in [0.05, 0.1) is 38.3 Å². The van der Waals surface area contributed by atoms with Gasteiger partial charge in [0, 0.05) is 37.4 Å². The summed E-state index contributed by atoms with van der Waals surface area (Å²) in [6.45, 7) is 5.34. The predicted molar refractivity (Wildman–Crippen MR) is 130 cm³/mol. The molecule has 2 saturated heterocycles. The van der Waals surface area contributed by atoms with E-state index in [0.717, 1.165) is 57.1 Å². The van der Waals surface area contributed by atoms with Crippen LogP contribution in [0.2, 0.25) is 0 Å². The monoisotopic (exact) mass is 519 g/mol. The third kappa shape index (κ3) is 7.34. The Labute approximate surface area is 214 Å². The molecule has 1 aromatic carbocycles. The molecule has 1 aromatic heterocycles. The van der Waals surface area contributed by atoms with E-state index < -0.39 is 23.7 Å². The number of pyridine rings is 1. The number of urea groups is 1. The maximum Gasteiger partial charge on any atom is 0.416 e. The van der Waals surface area contributed by atoms with Crippen LogP contribution in [-0.4, -0.2) is 67.7 Å². The minimum Gasteiger partial charge on any atom is -0.550 e. The molecule has 0 radical (unpaired) electrons. The number of amides is 2. The van der Waals surface area contributed by atoms with Crippen molar-refractivity contribution in [3.05, 3.63) is 54.2 Å². The molecule has 0 unspecified atom stereocenters. The number of nitrogens with one attached hydrogen (secondary N) is 2. The fraction of sp³-hybridized carbons (Fsp3) is 0.500. The number of nitrogens with zero attached hydrogens (tertiary/aromatic N) is 3. The van der Waals surface area contributed by atoms with E-state index in [9.17, 15) is 27.9 Å². The van der Waals surface area contributed by atoms with Crippen LogP contribution in [0, 0.1) is 11.8 Å². The van der Waals surface area contributed by atoms with Crippen LogP contribution in [0.4, 0.5) is 29.5 Å². The SMILES string of the molecule is O=C([O-])C[C@@H]1CCN(C(=O)Nc2ccc(C(F)(F)F)cc2)C[C@@H]1CC[NH+]1CCN(c2ccccn2)CC1. The highest BCUT2D eigenvalue weighted by Gasteiger charge is 2.33. The van der Waals surface area contributed by atoms with Gasteiger partial charge in [0.1, 0.15) is 5.82 Å². The molecule has 200 valence electrons. The third-order valence-electron chi connectivity index (χ3n) is 7.38. The molecule has 2 aromatic rings. The highest BCUT2D eigenvalue weighted by Crippen LogP contribution is 2.31. The molecule has 0 saturated carbocycles. The second kappa shape index (κ2) is 11.8. The van der Waals surface area contributed by atoms with Crippen molar-refractivity contribution in [2.45, 2.75) is 25.4 Å². The van der Waals surface area contributed by atoms with Crippen LogP contribution < -0.4 is 20.2 Å². The number of carboxylic acid groups (broad SMARTS) is 1. The van der Waals surface area contributed by atoms with Crippen LogP contribution in [0.1, 0.15) is 24.8 Å². The van der Waals surface area contributed by atoms with E-state index in [0.29, 0.717) is 19.5 Å². The van der Waals surface area contributed by atoms with Gasteiger partial charge in [-0.25, -0.2) is 9.78 Å². The van der Waals surface area contributed by atoms with Gasteiger partial charge in [-0.2, -0.15) is 13.2 Å². The van der Waals surface area contributed by atoms with Crippen LogP contribution in [0.25, 0.3) is 0 Å². The number of aliphatic carboxylic acids is 1. The lowest BCUT2D eigenvalue weighted by atomic mass is 9.81. The minimum atomic E-state index is -4.44. The predicted octanol–water partition coefficient (Wildman–Crippen LogP) is 1.51. The average Bonchev–Trinajstić information content (AvgIpc) is 2.88. The maximum absolute atomic E-state index is 12.8. The highest BCUT2D eigenvalue weighted by molar-refractivity contribution is 5.89. The number of aromatic nitrogens is 1. The first kappa shape index (κ1) is 26.7. The number of carbonyl (C=O) groups excluding carboxylic acids is 2. The molecule has 0 spiro atoms. The third-order valence-corrected chi connectivity index (χ3v) is 7.38. The molecular formula is C26H32F3N5O3. The fourth-order valence-electron chi connectivity index (χ4n) is 5.25. The smallest absolute Gasteiger partial charge is 0.416 e. The van der Waals surface area contributed by atoms with Gasteiger partial charge in [-0.3, -0.25) is 0 Å². The van der Waals surface area contributed by atoms with E-state index >= 15 is 0 Å². The van der Waals surface area contributed by atoms with Crippen molar-refractivity contribution < 1.29 is 32.8 Å². The molecule has 2 aliphatic heterocycles. The van der Waals surface area contributed by atoms with Crippen LogP contribution in [-0.2, 0) is 11.0 Å². The Morgan fingerprint density at radius 3 is 2.41 bits per heavy atom. The number of rotatable bonds is 7. The molecule has 2 N–H and O–H groups in total. The number of piperazine rings is 1. The lowest BCUT2D eigenvalue weighted by Gasteiger charge is -2.40. The van der Waals surface area contributed by atoms with E-state index in [1.807, 2.05) is 18.2 Å². The number of carboxylic acids is 1. The average molecular weight is 520 g/mol. The van der Waals surface area contributed by atoms with Crippen LogP contribution in [0.5, 0.6) is 0 Å². The van der Waals surface area contributed by atoms with Gasteiger partial charge in [0.25, 0.3) is 0 Å². The molecule has 11 heteroatoms. The number of anilines is 2. The maximum atomic E-state index is 12.8. The lowest BCUT2D eigenvalue weighted by molar-refractivity contribution is -0.901. The van der Waals surface area contributed by atoms with Crippen molar-refractivity contribution in [3.8, 4) is 0 Å². The van der Waals surface area contributed by atoms with Gasteiger partial charge in [0.15, 0.2) is 0 Å². The summed E-state index contributed by atoms with van der Waals surface area (Å²) in [6, 6.07) is 9.80. The summed E-state index contributed by atoms with van der Waals surface area (Å²) in [5, 5.41) is 14.0. The van der Waals surface area contributed by atoms with Crippen LogP contribution in [0.15, 0.2) is 48.7 Å². The fourth-order valence-corrected chi connectivity index (χ4v) is 5.25. The Hall–Kier alpha value is -3.34. The van der Waals surface area contributed by atoms with Gasteiger partial charge in [-0.05, 0) is 61.1 Å². The molecule has 4 rings (SSSR count). The zero-order chi connectivity index (χ0) is 26.4. The second-order valence-electron chi connectivity index (χ2n) is 9.80. The Morgan fingerprint density at radius 2 is 1.78 bits per heavy atom. The summed E-state index contributed by atoms with van der Waals surface area (Å²) in [7, 11) is 0. The van der Waals surface area contributed by atoms with Crippen molar-refractivity contribution in [2.75, 3.05) is 56.0 Å². The number of piperidine rings is 1. The number of hydrogen-bond donors (Lipinski definition) is 2. The van der Waals surface area contributed by atoms with E-state index in [2.05, 4.69) is 15.2 Å². The van der Waals surface area contributed by atoms with Crippen molar-refractivity contribution in [3.63, 3.8) is 0 Å². The quantitative estimate of drug-likeness (QED) is 0.579. The second-order valence-corrected chi connectivity index (χ2v) is 9.80. The summed E-state index contributed by atoms with van der Waals surface area (Å²) < 4.78 is 38.4. The molecule has 37 heavy (non-hydrogen) atoms. The summed E-state index contributed by atoms with van der Waals surface area (Å²) in [6.07, 6.45) is -1.37. The van der Waals surface area contributed by atoms with Crippen molar-refractivity contribution in [2.24, 2.45) is 11.8 Å². The number of halogens is 3. The zero-order valence-electron chi connectivity index (χ0n) is 20.5. The normalized spacial score (nSPS) is 21.1. The molecule has 0 bridgehead atoms. The van der Waals surface area contributed by atoms with E-state index in [4.69, 9.17) is 0 Å². The molecule has 2 fully saturated rings. The minimum absolute atomic E-state index is 0.00586. The van der Waals surface area contributed by atoms with E-state index in [1.54, 1.807) is 11.1 Å². The van der Waals surface area contributed by atoms with Crippen LogP contribution >= 0.6 is 0 Å². The van der Waals surface area contributed by atoms with Gasteiger partial charge < -0.3 is 29.9 Å². The highest BCUT2D eigenvalue weighted by atomic mass is 19.4. The first-order chi connectivity index (χ1) is 17.7. The standard InChI is InChI=1S/C26H32F3N5O3/c27-26(28,29)21-4-6-22(7-5-21)31-25(37)34-12-9-19(17-24(35)36)20(18-34)8-11-32-13-15-33(16-14-32)23-3-1-2-10-30-23/h1-7,10,19-20H,8-9,11-18H2,(H,31,37)(H,35,36)/t19-,20-/m0/s1. The van der Waals surface area contributed by atoms with Gasteiger partial charge in [-0.15, -0.1) is 0 Å². The number of carbonyl (C=O) groups is 2. The van der Waals surface area contributed by atoms with Gasteiger partial charge >= 0.3 is 12.2 Å². The Morgan fingerprint density at radius 1 is 1.05 bits per heavy atom. The molecule has 3 heterocycles. The molecule has 8 nitrogen and oxygen atoms in total. The van der Waals surface area contributed by atoms with Crippen LogP contribution in [0.3, 0.4) is 0 Å². The van der Waals surface area contributed by atoms with Crippen molar-refractivity contribution >= 4 is 23.5 Å². The van der Waals surface area contributed by atoms with Crippen molar-refractivity contribution in [1.29, 1.82) is 0 Å². The number of benzene rings is 1. The molecular weight excluding hydrogens is 487 g/mol. The number of hydrogen-bond acceptors (Lipinski definition) is 5. The summed E-state index contributed by atoms with van der Waals surface area (Å²) in [4.78, 5) is 33.9. The first-order valence-electron chi connectivity index (χ1n) is 12.6. The largest absolute Gasteiger partial charge is 0.550 e. The Bertz CT molecular complexity index is 1040.